The molecule has 0 fully saturated rings. The molecule has 5 heteroatoms. The fourth-order valence-corrected chi connectivity index (χ4v) is 2.39. The summed E-state index contributed by atoms with van der Waals surface area (Å²) in [6.07, 6.45) is 0.188. The van der Waals surface area contributed by atoms with Gasteiger partial charge in [0.2, 0.25) is 0 Å². The minimum absolute atomic E-state index is 0.0600. The monoisotopic (exact) mass is 297 g/mol. The molecule has 1 aliphatic heterocycles. The number of hydrogen-bond donors (Lipinski definition) is 0. The molecule has 17 heavy (non-hydrogen) atoms. The van der Waals surface area contributed by atoms with Crippen molar-refractivity contribution in [2.45, 2.75) is 12.5 Å². The number of fused-ring (bicyclic) bond motifs is 1. The van der Waals surface area contributed by atoms with Crippen LogP contribution in [0.3, 0.4) is 0 Å². The highest BCUT2D eigenvalue weighted by molar-refractivity contribution is 9.10. The van der Waals surface area contributed by atoms with Gasteiger partial charge in [0.05, 0.1) is 19.6 Å². The quantitative estimate of drug-likeness (QED) is 0.786. The molecular weight excluding hydrogens is 286 g/mol. The Hall–Kier alpha value is -1.36. The van der Waals surface area contributed by atoms with Gasteiger partial charge in [-0.05, 0) is 17.7 Å². The Kier molecular flexibility index (Phi) is 3.19. The van der Waals surface area contributed by atoms with Crippen LogP contribution in [0.15, 0.2) is 22.7 Å². The summed E-state index contributed by atoms with van der Waals surface area (Å²) in [6.45, 7) is 0. The van der Waals surface area contributed by atoms with Crippen LogP contribution >= 0.6 is 15.9 Å². The number of esters is 1. The number of carbonyl (C=O) groups is 2. The molecule has 1 atom stereocenters. The van der Waals surface area contributed by atoms with Crippen molar-refractivity contribution in [1.82, 2.24) is 4.90 Å². The lowest BCUT2D eigenvalue weighted by Crippen LogP contribution is -2.25. The molecule has 0 aliphatic carbocycles. The van der Waals surface area contributed by atoms with Crippen molar-refractivity contribution < 1.29 is 14.3 Å². The number of methoxy groups -OCH3 is 1. The molecule has 0 saturated heterocycles. The van der Waals surface area contributed by atoms with E-state index in [0.717, 1.165) is 10.0 Å². The normalized spacial score (nSPS) is 18.2. The Bertz CT molecular complexity index is 487. The molecule has 1 heterocycles. The van der Waals surface area contributed by atoms with E-state index in [-0.39, 0.29) is 24.3 Å². The maximum atomic E-state index is 12.0. The molecule has 1 aliphatic rings. The highest BCUT2D eigenvalue weighted by Gasteiger charge is 2.35. The van der Waals surface area contributed by atoms with Crippen LogP contribution in [-0.2, 0) is 9.53 Å². The number of halogens is 1. The van der Waals surface area contributed by atoms with E-state index in [1.807, 2.05) is 12.1 Å². The first-order valence-corrected chi connectivity index (χ1v) is 5.97. The number of carbonyl (C=O) groups excluding carboxylic acids is 2. The molecular formula is C12H12BrNO3. The van der Waals surface area contributed by atoms with Crippen LogP contribution in [0.2, 0.25) is 0 Å². The first-order chi connectivity index (χ1) is 8.04. The molecule has 0 aromatic heterocycles. The van der Waals surface area contributed by atoms with Gasteiger partial charge < -0.3 is 9.64 Å². The third-order valence-electron chi connectivity index (χ3n) is 2.98. The van der Waals surface area contributed by atoms with E-state index in [0.29, 0.717) is 5.56 Å². The highest BCUT2D eigenvalue weighted by atomic mass is 79.9. The first-order valence-electron chi connectivity index (χ1n) is 5.18. The number of amides is 1. The van der Waals surface area contributed by atoms with Crippen LogP contribution in [0.1, 0.15) is 28.4 Å². The van der Waals surface area contributed by atoms with Crippen LogP contribution in [-0.4, -0.2) is 30.9 Å². The Labute approximate surface area is 108 Å². The van der Waals surface area contributed by atoms with Gasteiger partial charge in [0.15, 0.2) is 0 Å². The molecule has 1 unspecified atom stereocenters. The molecule has 1 aromatic rings. The number of nitrogens with zero attached hydrogens (tertiary/aromatic N) is 1. The molecule has 4 nitrogen and oxygen atoms in total. The minimum Gasteiger partial charge on any atom is -0.469 e. The Morgan fingerprint density at radius 1 is 1.53 bits per heavy atom. The summed E-state index contributed by atoms with van der Waals surface area (Å²) in [5, 5.41) is 0. The second-order valence-corrected chi connectivity index (χ2v) is 4.86. The molecule has 0 spiro atoms. The standard InChI is InChI=1S/C12H12BrNO3/c1-14-10(6-11(15)17-2)8-4-3-7(13)5-9(8)12(14)16/h3-5,10H,6H2,1-2H3. The van der Waals surface area contributed by atoms with Crippen molar-refractivity contribution >= 4 is 27.8 Å². The second-order valence-electron chi connectivity index (χ2n) is 3.94. The molecule has 0 saturated carbocycles. The fourth-order valence-electron chi connectivity index (χ4n) is 2.03. The van der Waals surface area contributed by atoms with E-state index in [4.69, 9.17) is 0 Å². The lowest BCUT2D eigenvalue weighted by atomic mass is 10.0. The first kappa shape index (κ1) is 12.1. The van der Waals surface area contributed by atoms with E-state index in [9.17, 15) is 9.59 Å². The summed E-state index contributed by atoms with van der Waals surface area (Å²) in [6, 6.07) is 5.30. The number of hydrogen-bond acceptors (Lipinski definition) is 3. The van der Waals surface area contributed by atoms with Crippen molar-refractivity contribution in [3.8, 4) is 0 Å². The van der Waals surface area contributed by atoms with Gasteiger partial charge in [-0.3, -0.25) is 9.59 Å². The van der Waals surface area contributed by atoms with Crippen molar-refractivity contribution in [1.29, 1.82) is 0 Å². The third-order valence-corrected chi connectivity index (χ3v) is 3.47. The zero-order chi connectivity index (χ0) is 12.6. The Morgan fingerprint density at radius 3 is 2.88 bits per heavy atom. The van der Waals surface area contributed by atoms with Crippen LogP contribution in [0.4, 0.5) is 0 Å². The fraction of sp³-hybridized carbons (Fsp3) is 0.333. The third kappa shape index (κ3) is 2.07. The molecule has 1 amide bonds. The summed E-state index contributed by atoms with van der Waals surface area (Å²) in [5.41, 5.74) is 1.53. The molecule has 0 radical (unpaired) electrons. The minimum atomic E-state index is -0.314. The van der Waals surface area contributed by atoms with Crippen molar-refractivity contribution in [2.75, 3.05) is 14.2 Å². The van der Waals surface area contributed by atoms with Crippen molar-refractivity contribution in [2.24, 2.45) is 0 Å². The van der Waals surface area contributed by atoms with Crippen LogP contribution in [0, 0.1) is 0 Å². The average molecular weight is 298 g/mol. The van der Waals surface area contributed by atoms with E-state index < -0.39 is 0 Å². The van der Waals surface area contributed by atoms with Gasteiger partial charge in [0.25, 0.3) is 5.91 Å². The number of ether oxygens (including phenoxy) is 1. The van der Waals surface area contributed by atoms with Gasteiger partial charge in [-0.1, -0.05) is 22.0 Å². The Balaban J connectivity index is 2.38. The lowest BCUT2D eigenvalue weighted by Gasteiger charge is -2.19. The molecule has 0 N–H and O–H groups in total. The van der Waals surface area contributed by atoms with E-state index >= 15 is 0 Å². The number of rotatable bonds is 2. The average Bonchev–Trinajstić information content (AvgIpc) is 2.54. The van der Waals surface area contributed by atoms with Crippen molar-refractivity contribution in [3.05, 3.63) is 33.8 Å². The topological polar surface area (TPSA) is 46.6 Å². The van der Waals surface area contributed by atoms with Crippen LogP contribution in [0.5, 0.6) is 0 Å². The van der Waals surface area contributed by atoms with Crippen LogP contribution in [0.25, 0.3) is 0 Å². The lowest BCUT2D eigenvalue weighted by molar-refractivity contribution is -0.141. The van der Waals surface area contributed by atoms with Gasteiger partial charge in [0.1, 0.15) is 0 Å². The zero-order valence-corrected chi connectivity index (χ0v) is 11.2. The van der Waals surface area contributed by atoms with Crippen LogP contribution < -0.4 is 0 Å². The number of benzene rings is 1. The molecule has 2 rings (SSSR count). The smallest absolute Gasteiger partial charge is 0.307 e. The van der Waals surface area contributed by atoms with Gasteiger partial charge >= 0.3 is 5.97 Å². The van der Waals surface area contributed by atoms with E-state index in [2.05, 4.69) is 20.7 Å². The Morgan fingerprint density at radius 2 is 2.24 bits per heavy atom. The van der Waals surface area contributed by atoms with Gasteiger partial charge in [-0.2, -0.15) is 0 Å². The maximum absolute atomic E-state index is 12.0. The predicted molar refractivity (Wildman–Crippen MR) is 65.6 cm³/mol. The van der Waals surface area contributed by atoms with Gasteiger partial charge in [0, 0.05) is 17.1 Å². The molecule has 1 aromatic carbocycles. The second kappa shape index (κ2) is 4.49. The summed E-state index contributed by atoms with van der Waals surface area (Å²) in [7, 11) is 3.05. The maximum Gasteiger partial charge on any atom is 0.307 e. The summed E-state index contributed by atoms with van der Waals surface area (Å²) < 4.78 is 5.51. The molecule has 0 bridgehead atoms. The van der Waals surface area contributed by atoms with E-state index in [1.165, 1.54) is 7.11 Å². The van der Waals surface area contributed by atoms with Gasteiger partial charge in [-0.15, -0.1) is 0 Å². The SMILES string of the molecule is COC(=O)CC1c2ccc(Br)cc2C(=O)N1C. The van der Waals surface area contributed by atoms with E-state index in [1.54, 1.807) is 18.0 Å². The zero-order valence-electron chi connectivity index (χ0n) is 9.57. The van der Waals surface area contributed by atoms with Crippen molar-refractivity contribution in [3.63, 3.8) is 0 Å². The summed E-state index contributed by atoms with van der Waals surface area (Å²) >= 11 is 3.33. The summed E-state index contributed by atoms with van der Waals surface area (Å²) in [5.74, 6) is -0.374. The van der Waals surface area contributed by atoms with Gasteiger partial charge in [-0.25, -0.2) is 0 Å². The highest BCUT2D eigenvalue weighted by Crippen LogP contribution is 2.36. The predicted octanol–water partition coefficient (Wildman–Crippen LogP) is 2.14. The molecule has 90 valence electrons. The summed E-state index contributed by atoms with van der Waals surface area (Å²) in [4.78, 5) is 24.9. The largest absolute Gasteiger partial charge is 0.469 e.